The van der Waals surface area contributed by atoms with Crippen LogP contribution in [0, 0.1) is 6.92 Å². The smallest absolute Gasteiger partial charge is 0.326 e. The van der Waals surface area contributed by atoms with E-state index in [1.165, 1.54) is 0 Å². The first kappa shape index (κ1) is 17.0. The summed E-state index contributed by atoms with van der Waals surface area (Å²) in [4.78, 5) is 33.9. The molecule has 1 atom stereocenters. The lowest BCUT2D eigenvalue weighted by Crippen LogP contribution is -2.44. The molecule has 1 aromatic rings. The molecule has 0 spiro atoms. The van der Waals surface area contributed by atoms with Crippen molar-refractivity contribution in [2.45, 2.75) is 19.4 Å². The molecule has 0 saturated carbocycles. The molecule has 7 nitrogen and oxygen atoms in total. The normalized spacial score (nSPS) is 11.4. The Bertz CT molecular complexity index is 561. The first-order valence-corrected chi connectivity index (χ1v) is 6.76. The molecule has 0 aromatic heterocycles. The number of urea groups is 1. The monoisotopic (exact) mass is 358 g/mol. The number of nitrogens with one attached hydrogen (secondary N) is 2. The van der Waals surface area contributed by atoms with Crippen molar-refractivity contribution in [2.24, 2.45) is 0 Å². The van der Waals surface area contributed by atoms with Gasteiger partial charge in [-0.05, 0) is 34.5 Å². The lowest BCUT2D eigenvalue weighted by atomic mass is 10.2. The number of benzene rings is 1. The first-order chi connectivity index (χ1) is 9.85. The van der Waals surface area contributed by atoms with Crippen molar-refractivity contribution in [1.29, 1.82) is 0 Å². The van der Waals surface area contributed by atoms with Gasteiger partial charge in [0.1, 0.15) is 6.04 Å². The molecule has 0 radical (unpaired) electrons. The maximum atomic E-state index is 11.8. The number of aryl methyl sites for hydroxylation is 1. The maximum absolute atomic E-state index is 11.8. The number of carboxylic acids is 1. The van der Waals surface area contributed by atoms with Gasteiger partial charge in [0, 0.05) is 4.47 Å². The number of esters is 1. The Hall–Kier alpha value is -2.09. The molecule has 1 rings (SSSR count). The molecular weight excluding hydrogens is 344 g/mol. The summed E-state index contributed by atoms with van der Waals surface area (Å²) in [6.07, 6.45) is -0.450. The van der Waals surface area contributed by atoms with Crippen LogP contribution in [0.5, 0.6) is 0 Å². The van der Waals surface area contributed by atoms with Gasteiger partial charge in [0.15, 0.2) is 0 Å². The first-order valence-electron chi connectivity index (χ1n) is 5.97. The summed E-state index contributed by atoms with van der Waals surface area (Å²) in [6.45, 7) is 1.85. The molecule has 0 aliphatic heterocycles. The van der Waals surface area contributed by atoms with Gasteiger partial charge in [0.25, 0.3) is 0 Å². The van der Waals surface area contributed by atoms with Gasteiger partial charge in [-0.1, -0.05) is 12.1 Å². The van der Waals surface area contributed by atoms with Crippen LogP contribution in [0.3, 0.4) is 0 Å². The highest BCUT2D eigenvalue weighted by Crippen LogP contribution is 2.25. The number of rotatable bonds is 5. The number of aliphatic carboxylic acids is 1. The van der Waals surface area contributed by atoms with Gasteiger partial charge < -0.3 is 20.5 Å². The second-order valence-electron chi connectivity index (χ2n) is 4.21. The van der Waals surface area contributed by atoms with Crippen molar-refractivity contribution in [1.82, 2.24) is 5.32 Å². The predicted molar refractivity (Wildman–Crippen MR) is 79.1 cm³/mol. The summed E-state index contributed by atoms with van der Waals surface area (Å²) in [5.41, 5.74) is 1.41. The molecule has 0 fully saturated rings. The molecule has 0 unspecified atom stereocenters. The Kier molecular flexibility index (Phi) is 6.16. The van der Waals surface area contributed by atoms with Crippen LogP contribution in [-0.2, 0) is 14.3 Å². The number of hydrogen-bond donors (Lipinski definition) is 3. The maximum Gasteiger partial charge on any atom is 0.326 e. The van der Waals surface area contributed by atoms with Crippen LogP contribution < -0.4 is 10.6 Å². The second kappa shape index (κ2) is 7.63. The van der Waals surface area contributed by atoms with Crippen LogP contribution in [0.2, 0.25) is 0 Å². The van der Waals surface area contributed by atoms with Gasteiger partial charge >= 0.3 is 18.0 Å². The molecular formula is C13H15BrN2O5. The fourth-order valence-electron chi connectivity index (χ4n) is 1.51. The molecule has 21 heavy (non-hydrogen) atoms. The van der Waals surface area contributed by atoms with Gasteiger partial charge in [0.2, 0.25) is 0 Å². The average molecular weight is 359 g/mol. The molecule has 3 N–H and O–H groups in total. The van der Waals surface area contributed by atoms with E-state index < -0.39 is 30.4 Å². The molecule has 0 saturated heterocycles. The van der Waals surface area contributed by atoms with Crippen LogP contribution in [0.4, 0.5) is 10.5 Å². The largest absolute Gasteiger partial charge is 0.480 e. The topological polar surface area (TPSA) is 105 Å². The second-order valence-corrected chi connectivity index (χ2v) is 5.00. The van der Waals surface area contributed by atoms with Gasteiger partial charge in [-0.25, -0.2) is 9.59 Å². The molecule has 2 amide bonds. The minimum absolute atomic E-state index is 0.450. The molecule has 114 valence electrons. The zero-order valence-electron chi connectivity index (χ0n) is 11.5. The minimum Gasteiger partial charge on any atom is -0.480 e. The van der Waals surface area contributed by atoms with Crippen LogP contribution in [0.15, 0.2) is 22.7 Å². The van der Waals surface area contributed by atoms with E-state index in [-0.39, 0.29) is 0 Å². The Balaban J connectivity index is 2.72. The van der Waals surface area contributed by atoms with E-state index in [1.54, 1.807) is 12.1 Å². The van der Waals surface area contributed by atoms with Crippen molar-refractivity contribution in [3.8, 4) is 0 Å². The zero-order valence-corrected chi connectivity index (χ0v) is 13.1. The summed E-state index contributed by atoms with van der Waals surface area (Å²) >= 11 is 3.32. The third-order valence-corrected chi connectivity index (χ3v) is 3.69. The predicted octanol–water partition coefficient (Wildman–Crippen LogP) is 1.90. The summed E-state index contributed by atoms with van der Waals surface area (Å²) in [7, 11) is 1.14. The molecule has 8 heteroatoms. The van der Waals surface area contributed by atoms with Gasteiger partial charge in [-0.3, -0.25) is 4.79 Å². The number of carbonyl (C=O) groups is 3. The average Bonchev–Trinajstić information content (AvgIpc) is 2.42. The van der Waals surface area contributed by atoms with Crippen LogP contribution in [0.1, 0.15) is 12.0 Å². The van der Waals surface area contributed by atoms with E-state index >= 15 is 0 Å². The van der Waals surface area contributed by atoms with Crippen molar-refractivity contribution in [3.63, 3.8) is 0 Å². The number of ether oxygens (including phenoxy) is 1. The van der Waals surface area contributed by atoms with Crippen LogP contribution >= 0.6 is 15.9 Å². The highest BCUT2D eigenvalue weighted by molar-refractivity contribution is 9.10. The summed E-state index contributed by atoms with van der Waals surface area (Å²) < 4.78 is 5.08. The van der Waals surface area contributed by atoms with Crippen molar-refractivity contribution in [3.05, 3.63) is 28.2 Å². The Morgan fingerprint density at radius 3 is 2.62 bits per heavy atom. The number of carboxylic acid groups (broad SMARTS) is 1. The fourth-order valence-corrected chi connectivity index (χ4v) is 1.87. The summed E-state index contributed by atoms with van der Waals surface area (Å²) in [6, 6.07) is 3.18. The SMILES string of the molecule is COC(=O)C[C@H](NC(=O)Nc1cccc(C)c1Br)C(=O)O. The molecule has 0 aliphatic carbocycles. The molecule has 0 heterocycles. The molecule has 0 bridgehead atoms. The van der Waals surface area contributed by atoms with Crippen LogP contribution in [-0.4, -0.2) is 36.2 Å². The lowest BCUT2D eigenvalue weighted by molar-refractivity contribution is -0.147. The van der Waals surface area contributed by atoms with E-state index in [1.807, 2.05) is 13.0 Å². The quantitative estimate of drug-likeness (QED) is 0.697. The number of anilines is 1. The Morgan fingerprint density at radius 2 is 2.05 bits per heavy atom. The third kappa shape index (κ3) is 5.07. The highest BCUT2D eigenvalue weighted by atomic mass is 79.9. The lowest BCUT2D eigenvalue weighted by Gasteiger charge is -2.15. The number of halogens is 1. The van der Waals surface area contributed by atoms with Crippen molar-refractivity contribution < 1.29 is 24.2 Å². The van der Waals surface area contributed by atoms with Crippen molar-refractivity contribution in [2.75, 3.05) is 12.4 Å². The number of carbonyl (C=O) groups excluding carboxylic acids is 2. The Morgan fingerprint density at radius 1 is 1.38 bits per heavy atom. The zero-order chi connectivity index (χ0) is 16.0. The van der Waals surface area contributed by atoms with E-state index in [4.69, 9.17) is 5.11 Å². The highest BCUT2D eigenvalue weighted by Gasteiger charge is 2.24. The van der Waals surface area contributed by atoms with Gasteiger partial charge in [-0.15, -0.1) is 0 Å². The van der Waals surface area contributed by atoms with E-state index in [0.29, 0.717) is 10.2 Å². The van der Waals surface area contributed by atoms with Crippen LogP contribution in [0.25, 0.3) is 0 Å². The number of amides is 2. The Labute approximate surface area is 129 Å². The minimum atomic E-state index is -1.36. The standard InChI is InChI=1S/C13H15BrN2O5/c1-7-4-3-5-8(11(7)14)15-13(20)16-9(12(18)19)6-10(17)21-2/h3-5,9H,6H2,1-2H3,(H,18,19)(H2,15,16,20)/t9-/m0/s1. The van der Waals surface area contributed by atoms with Crippen molar-refractivity contribution >= 4 is 39.6 Å². The molecule has 1 aromatic carbocycles. The summed E-state index contributed by atoms with van der Waals surface area (Å²) in [5.74, 6) is -2.04. The van der Waals surface area contributed by atoms with E-state index in [0.717, 1.165) is 12.7 Å². The van der Waals surface area contributed by atoms with Gasteiger partial charge in [0.05, 0.1) is 19.2 Å². The number of hydrogen-bond acceptors (Lipinski definition) is 4. The fraction of sp³-hybridized carbons (Fsp3) is 0.308. The summed E-state index contributed by atoms with van der Waals surface area (Å²) in [5, 5.41) is 13.7. The van der Waals surface area contributed by atoms with E-state index in [2.05, 4.69) is 31.3 Å². The third-order valence-electron chi connectivity index (χ3n) is 2.64. The van der Waals surface area contributed by atoms with E-state index in [9.17, 15) is 14.4 Å². The number of methoxy groups -OCH3 is 1. The van der Waals surface area contributed by atoms with Gasteiger partial charge in [-0.2, -0.15) is 0 Å². The molecule has 0 aliphatic rings.